The Morgan fingerprint density at radius 2 is 1.81 bits per heavy atom. The summed E-state index contributed by atoms with van der Waals surface area (Å²) in [6.45, 7) is 6.25. The van der Waals surface area contributed by atoms with Gasteiger partial charge in [-0.15, -0.1) is 0 Å². The fraction of sp³-hybridized carbons (Fsp3) is 0.923. The molecule has 0 aromatic rings. The number of nitrogens with one attached hydrogen (secondary N) is 1. The summed E-state index contributed by atoms with van der Waals surface area (Å²) in [5, 5.41) is 1.84. The molecule has 1 aliphatic heterocycles. The molecule has 1 atom stereocenters. The largest absolute Gasteiger partial charge is 0.273 e. The van der Waals surface area contributed by atoms with Crippen molar-refractivity contribution < 1.29 is 4.79 Å². The van der Waals surface area contributed by atoms with E-state index in [4.69, 9.17) is 0 Å². The first-order chi connectivity index (χ1) is 7.48. The lowest BCUT2D eigenvalue weighted by atomic mass is 9.83. The van der Waals surface area contributed by atoms with Crippen molar-refractivity contribution in [2.45, 2.75) is 70.9 Å². The molecule has 0 aromatic carbocycles. The molecule has 0 aromatic heterocycles. The van der Waals surface area contributed by atoms with E-state index in [1.54, 1.807) is 0 Å². The Hall–Kier alpha value is -0.570. The van der Waals surface area contributed by atoms with Gasteiger partial charge >= 0.3 is 0 Å². The molecule has 2 rings (SSSR count). The number of hydrogen-bond donors (Lipinski definition) is 1. The summed E-state index contributed by atoms with van der Waals surface area (Å²) in [6.07, 6.45) is 7.34. The Bertz CT molecular complexity index is 264. The van der Waals surface area contributed by atoms with Crippen molar-refractivity contribution in [3.8, 4) is 0 Å². The molecule has 1 saturated carbocycles. The number of hydrogen-bond acceptors (Lipinski definition) is 2. The molecule has 0 spiro atoms. The molecule has 16 heavy (non-hydrogen) atoms. The SMILES string of the molecule is CC(C)(C)N1NC(C2CCCCC2)CC1=O. The van der Waals surface area contributed by atoms with Crippen LogP contribution in [0.1, 0.15) is 59.3 Å². The average molecular weight is 224 g/mol. The molecule has 1 unspecified atom stereocenters. The van der Waals surface area contributed by atoms with E-state index in [-0.39, 0.29) is 11.4 Å². The molecule has 0 radical (unpaired) electrons. The molecule has 1 amide bonds. The summed E-state index contributed by atoms with van der Waals surface area (Å²) >= 11 is 0. The quantitative estimate of drug-likeness (QED) is 0.742. The van der Waals surface area contributed by atoms with Crippen molar-refractivity contribution in [3.05, 3.63) is 0 Å². The van der Waals surface area contributed by atoms with Gasteiger partial charge in [0.25, 0.3) is 0 Å². The number of amides is 1. The second-order valence-corrected chi connectivity index (χ2v) is 6.24. The molecule has 1 aliphatic carbocycles. The van der Waals surface area contributed by atoms with E-state index >= 15 is 0 Å². The van der Waals surface area contributed by atoms with Crippen molar-refractivity contribution >= 4 is 5.91 Å². The minimum absolute atomic E-state index is 0.0967. The average Bonchev–Trinajstić information content (AvgIpc) is 2.61. The fourth-order valence-corrected chi connectivity index (χ4v) is 2.94. The van der Waals surface area contributed by atoms with Gasteiger partial charge in [0, 0.05) is 12.5 Å². The van der Waals surface area contributed by atoms with E-state index in [0.717, 1.165) is 0 Å². The van der Waals surface area contributed by atoms with Crippen LogP contribution in [-0.2, 0) is 4.79 Å². The predicted octanol–water partition coefficient (Wildman–Crippen LogP) is 2.47. The van der Waals surface area contributed by atoms with Gasteiger partial charge in [-0.05, 0) is 39.5 Å². The molecule has 1 saturated heterocycles. The number of carbonyl (C=O) groups is 1. The highest BCUT2D eigenvalue weighted by Crippen LogP contribution is 2.31. The lowest BCUT2D eigenvalue weighted by Gasteiger charge is -2.34. The van der Waals surface area contributed by atoms with Crippen LogP contribution in [0.3, 0.4) is 0 Å². The fourth-order valence-electron chi connectivity index (χ4n) is 2.94. The lowest BCUT2D eigenvalue weighted by molar-refractivity contribution is -0.134. The molecule has 1 N–H and O–H groups in total. The Morgan fingerprint density at radius 3 is 2.31 bits per heavy atom. The maximum atomic E-state index is 11.9. The third-order valence-electron chi connectivity index (χ3n) is 3.83. The van der Waals surface area contributed by atoms with Gasteiger partial charge < -0.3 is 0 Å². The molecule has 1 heterocycles. The van der Waals surface area contributed by atoms with Crippen molar-refractivity contribution in [2.24, 2.45) is 5.92 Å². The summed E-state index contributed by atoms with van der Waals surface area (Å²) in [7, 11) is 0. The van der Waals surface area contributed by atoms with Gasteiger partial charge in [0.05, 0.1) is 5.54 Å². The number of hydrazine groups is 1. The zero-order chi connectivity index (χ0) is 11.8. The second kappa shape index (κ2) is 4.36. The molecular formula is C13H24N2O. The standard InChI is InChI=1S/C13H24N2O/c1-13(2,3)15-12(16)9-11(14-15)10-7-5-4-6-8-10/h10-11,14H,4-9H2,1-3H3. The summed E-state index contributed by atoms with van der Waals surface area (Å²) < 4.78 is 0. The maximum Gasteiger partial charge on any atom is 0.238 e. The first kappa shape index (κ1) is 11.9. The zero-order valence-electron chi connectivity index (χ0n) is 10.8. The van der Waals surface area contributed by atoms with Crippen LogP contribution >= 0.6 is 0 Å². The normalized spacial score (nSPS) is 28.8. The molecule has 0 bridgehead atoms. The summed E-state index contributed by atoms with van der Waals surface area (Å²) in [6, 6.07) is 0.395. The lowest BCUT2D eigenvalue weighted by Crippen LogP contribution is -2.51. The highest BCUT2D eigenvalue weighted by molar-refractivity contribution is 5.79. The van der Waals surface area contributed by atoms with Crippen molar-refractivity contribution in [1.29, 1.82) is 0 Å². The maximum absolute atomic E-state index is 11.9. The van der Waals surface area contributed by atoms with E-state index in [2.05, 4.69) is 26.2 Å². The minimum atomic E-state index is -0.0967. The van der Waals surface area contributed by atoms with Crippen LogP contribution in [0.5, 0.6) is 0 Å². The van der Waals surface area contributed by atoms with Crippen LogP contribution in [0, 0.1) is 5.92 Å². The van der Waals surface area contributed by atoms with Crippen LogP contribution in [0.4, 0.5) is 0 Å². The predicted molar refractivity (Wildman–Crippen MR) is 64.7 cm³/mol. The van der Waals surface area contributed by atoms with Gasteiger partial charge in [-0.25, -0.2) is 5.43 Å². The van der Waals surface area contributed by atoms with Crippen LogP contribution in [-0.4, -0.2) is 22.5 Å². The molecular weight excluding hydrogens is 200 g/mol. The number of nitrogens with zero attached hydrogens (tertiary/aromatic N) is 1. The van der Waals surface area contributed by atoms with E-state index in [1.807, 2.05) is 5.01 Å². The van der Waals surface area contributed by atoms with E-state index in [0.29, 0.717) is 18.4 Å². The van der Waals surface area contributed by atoms with Crippen LogP contribution < -0.4 is 5.43 Å². The Labute approximate surface area is 98.5 Å². The minimum Gasteiger partial charge on any atom is -0.273 e. The van der Waals surface area contributed by atoms with E-state index in [9.17, 15) is 4.79 Å². The van der Waals surface area contributed by atoms with Crippen molar-refractivity contribution in [2.75, 3.05) is 0 Å². The molecule has 3 heteroatoms. The second-order valence-electron chi connectivity index (χ2n) is 6.24. The van der Waals surface area contributed by atoms with Crippen molar-refractivity contribution in [3.63, 3.8) is 0 Å². The Morgan fingerprint density at radius 1 is 1.19 bits per heavy atom. The van der Waals surface area contributed by atoms with Crippen molar-refractivity contribution in [1.82, 2.24) is 10.4 Å². The van der Waals surface area contributed by atoms with E-state index in [1.165, 1.54) is 32.1 Å². The Balaban J connectivity index is 1.97. The number of rotatable bonds is 1. The third-order valence-corrected chi connectivity index (χ3v) is 3.83. The monoisotopic (exact) mass is 224 g/mol. The van der Waals surface area contributed by atoms with Gasteiger partial charge in [-0.1, -0.05) is 19.3 Å². The van der Waals surface area contributed by atoms with Crippen LogP contribution in [0.15, 0.2) is 0 Å². The third kappa shape index (κ3) is 2.40. The van der Waals surface area contributed by atoms with Gasteiger partial charge in [0.1, 0.15) is 0 Å². The first-order valence-corrected chi connectivity index (χ1v) is 6.58. The van der Waals surface area contributed by atoms with Gasteiger partial charge in [-0.3, -0.25) is 9.80 Å². The summed E-state index contributed by atoms with van der Waals surface area (Å²) in [4.78, 5) is 11.9. The summed E-state index contributed by atoms with van der Waals surface area (Å²) in [5.74, 6) is 0.980. The first-order valence-electron chi connectivity index (χ1n) is 6.58. The van der Waals surface area contributed by atoms with Gasteiger partial charge in [0.15, 0.2) is 0 Å². The molecule has 3 nitrogen and oxygen atoms in total. The molecule has 2 fully saturated rings. The molecule has 2 aliphatic rings. The van der Waals surface area contributed by atoms with Gasteiger partial charge in [-0.2, -0.15) is 0 Å². The van der Waals surface area contributed by atoms with Crippen LogP contribution in [0.2, 0.25) is 0 Å². The highest BCUT2D eigenvalue weighted by atomic mass is 16.2. The van der Waals surface area contributed by atoms with E-state index < -0.39 is 0 Å². The Kier molecular flexibility index (Phi) is 3.24. The topological polar surface area (TPSA) is 32.3 Å². The zero-order valence-corrected chi connectivity index (χ0v) is 10.8. The van der Waals surface area contributed by atoms with Gasteiger partial charge in [0.2, 0.25) is 5.91 Å². The van der Waals surface area contributed by atoms with Crippen LogP contribution in [0.25, 0.3) is 0 Å². The molecule has 92 valence electrons. The highest BCUT2D eigenvalue weighted by Gasteiger charge is 2.39. The smallest absolute Gasteiger partial charge is 0.238 e. The number of carbonyl (C=O) groups excluding carboxylic acids is 1. The summed E-state index contributed by atoms with van der Waals surface area (Å²) in [5.41, 5.74) is 3.34.